The van der Waals surface area contributed by atoms with Gasteiger partial charge in [-0.05, 0) is 37.6 Å². The normalized spacial score (nSPS) is 11.8. The Labute approximate surface area is 179 Å². The molecule has 0 unspecified atom stereocenters. The number of furan rings is 1. The third kappa shape index (κ3) is 4.42. The van der Waals surface area contributed by atoms with E-state index in [0.717, 1.165) is 21.2 Å². The smallest absolute Gasteiger partial charge is 0.242 e. The number of hydrogen-bond donors (Lipinski definition) is 1. The molecular weight excluding hydrogens is 426 g/mol. The fourth-order valence-corrected chi connectivity index (χ4v) is 4.35. The number of aromatic nitrogens is 3. The summed E-state index contributed by atoms with van der Waals surface area (Å²) in [4.78, 5) is 12.6. The van der Waals surface area contributed by atoms with Crippen LogP contribution in [0.5, 0.6) is 0 Å². The highest BCUT2D eigenvalue weighted by Crippen LogP contribution is 2.26. The highest BCUT2D eigenvalue weighted by atomic mass is 32.2. The Hall–Kier alpha value is -2.63. The van der Waals surface area contributed by atoms with Crippen LogP contribution in [0.2, 0.25) is 0 Å². The summed E-state index contributed by atoms with van der Waals surface area (Å²) in [5.74, 6) is 1.22. The molecule has 3 rings (SSSR count). The molecule has 0 radical (unpaired) electrons. The third-order valence-electron chi connectivity index (χ3n) is 4.53. The van der Waals surface area contributed by atoms with Crippen molar-refractivity contribution < 1.29 is 17.6 Å². The zero-order valence-corrected chi connectivity index (χ0v) is 19.0. The van der Waals surface area contributed by atoms with Crippen LogP contribution in [0.15, 0.2) is 45.0 Å². The molecule has 0 aliphatic rings. The number of nitrogens with one attached hydrogen (secondary N) is 1. The number of thioether (sulfide) groups is 1. The van der Waals surface area contributed by atoms with Gasteiger partial charge in [0, 0.05) is 26.8 Å². The van der Waals surface area contributed by atoms with Crippen LogP contribution in [0, 0.1) is 13.8 Å². The maximum atomic E-state index is 12.5. The van der Waals surface area contributed by atoms with Gasteiger partial charge in [0.05, 0.1) is 22.5 Å². The number of carbonyl (C=O) groups excluding carboxylic acids is 1. The van der Waals surface area contributed by atoms with Crippen molar-refractivity contribution >= 4 is 33.4 Å². The summed E-state index contributed by atoms with van der Waals surface area (Å²) in [6.07, 6.45) is 1.59. The molecule has 1 N–H and O–H groups in total. The van der Waals surface area contributed by atoms with Crippen LogP contribution in [0.3, 0.4) is 0 Å². The van der Waals surface area contributed by atoms with Gasteiger partial charge in [0.15, 0.2) is 11.0 Å². The summed E-state index contributed by atoms with van der Waals surface area (Å²) in [6.45, 7) is 3.65. The summed E-state index contributed by atoms with van der Waals surface area (Å²) in [6, 6.07) is 6.47. The van der Waals surface area contributed by atoms with Crippen molar-refractivity contribution in [3.63, 3.8) is 0 Å². The van der Waals surface area contributed by atoms with E-state index in [1.54, 1.807) is 23.8 Å². The number of benzene rings is 1. The van der Waals surface area contributed by atoms with E-state index in [4.69, 9.17) is 4.42 Å². The van der Waals surface area contributed by atoms with E-state index in [1.807, 2.05) is 20.0 Å². The molecule has 2 aromatic heterocycles. The summed E-state index contributed by atoms with van der Waals surface area (Å²) in [7, 11) is 1.16. The minimum atomic E-state index is -3.59. The third-order valence-corrected chi connectivity index (χ3v) is 7.36. The van der Waals surface area contributed by atoms with Crippen LogP contribution in [-0.4, -0.2) is 53.2 Å². The van der Waals surface area contributed by atoms with Gasteiger partial charge in [0.25, 0.3) is 0 Å². The van der Waals surface area contributed by atoms with Gasteiger partial charge in [-0.25, -0.2) is 12.7 Å². The molecule has 0 atom stereocenters. The average Bonchev–Trinajstić information content (AvgIpc) is 3.26. The number of sulfonamides is 1. The first-order valence-corrected chi connectivity index (χ1v) is 11.4. The molecule has 3 aromatic rings. The first kappa shape index (κ1) is 22.1. The van der Waals surface area contributed by atoms with E-state index in [0.29, 0.717) is 16.7 Å². The lowest BCUT2D eigenvalue weighted by molar-refractivity contribution is -0.113. The van der Waals surface area contributed by atoms with Crippen LogP contribution >= 0.6 is 11.8 Å². The second-order valence-corrected chi connectivity index (χ2v) is 9.95. The fourth-order valence-electron chi connectivity index (χ4n) is 2.72. The van der Waals surface area contributed by atoms with Crippen molar-refractivity contribution in [2.75, 3.05) is 25.2 Å². The lowest BCUT2D eigenvalue weighted by Gasteiger charge is -2.14. The van der Waals surface area contributed by atoms with E-state index in [9.17, 15) is 13.2 Å². The maximum absolute atomic E-state index is 12.5. The molecule has 11 heteroatoms. The molecule has 1 aromatic carbocycles. The number of amides is 1. The standard InChI is InChI=1S/C19H23N5O4S2/c1-12-6-7-14(30(26,27)23(3)4)10-16(12)20-17(25)11-29-19-22-21-18(24(19)5)15-8-9-28-13(15)2/h6-10H,11H2,1-5H3,(H,20,25). The van der Waals surface area contributed by atoms with Crippen molar-refractivity contribution in [1.29, 1.82) is 0 Å². The highest BCUT2D eigenvalue weighted by molar-refractivity contribution is 7.99. The molecule has 0 fully saturated rings. The summed E-state index contributed by atoms with van der Waals surface area (Å²) < 4.78 is 32.9. The number of hydrogen-bond acceptors (Lipinski definition) is 7. The van der Waals surface area contributed by atoms with Gasteiger partial charge in [-0.1, -0.05) is 17.8 Å². The maximum Gasteiger partial charge on any atom is 0.242 e. The average molecular weight is 450 g/mol. The Morgan fingerprint density at radius 2 is 1.97 bits per heavy atom. The van der Waals surface area contributed by atoms with Gasteiger partial charge in [-0.2, -0.15) is 0 Å². The molecule has 30 heavy (non-hydrogen) atoms. The fraction of sp³-hybridized carbons (Fsp3) is 0.316. The molecule has 0 saturated carbocycles. The second kappa shape index (κ2) is 8.62. The van der Waals surface area contributed by atoms with E-state index in [1.165, 1.54) is 38.0 Å². The Kier molecular flexibility index (Phi) is 6.34. The van der Waals surface area contributed by atoms with Crippen molar-refractivity contribution in [3.8, 4) is 11.4 Å². The molecule has 2 heterocycles. The van der Waals surface area contributed by atoms with Gasteiger partial charge in [0.2, 0.25) is 15.9 Å². The Morgan fingerprint density at radius 1 is 1.23 bits per heavy atom. The van der Waals surface area contributed by atoms with Crippen LogP contribution in [0.4, 0.5) is 5.69 Å². The largest absolute Gasteiger partial charge is 0.469 e. The number of nitrogens with zero attached hydrogens (tertiary/aromatic N) is 4. The quantitative estimate of drug-likeness (QED) is 0.552. The molecular formula is C19H23N5O4S2. The van der Waals surface area contributed by atoms with Gasteiger partial charge < -0.3 is 14.3 Å². The molecule has 0 saturated heterocycles. The Morgan fingerprint density at radius 3 is 2.60 bits per heavy atom. The molecule has 1 amide bonds. The van der Waals surface area contributed by atoms with E-state index < -0.39 is 10.0 Å². The number of carbonyl (C=O) groups is 1. The first-order chi connectivity index (χ1) is 14.1. The van der Waals surface area contributed by atoms with Crippen LogP contribution in [0.1, 0.15) is 11.3 Å². The molecule has 0 bridgehead atoms. The monoisotopic (exact) mass is 449 g/mol. The summed E-state index contributed by atoms with van der Waals surface area (Å²) >= 11 is 1.24. The number of rotatable bonds is 7. The predicted molar refractivity (Wildman–Crippen MR) is 115 cm³/mol. The van der Waals surface area contributed by atoms with Gasteiger partial charge in [-0.15, -0.1) is 10.2 Å². The minimum absolute atomic E-state index is 0.0977. The minimum Gasteiger partial charge on any atom is -0.469 e. The number of aryl methyl sites for hydroxylation is 2. The van der Waals surface area contributed by atoms with E-state index >= 15 is 0 Å². The van der Waals surface area contributed by atoms with Gasteiger partial charge >= 0.3 is 0 Å². The summed E-state index contributed by atoms with van der Waals surface area (Å²) in [5.41, 5.74) is 2.06. The summed E-state index contributed by atoms with van der Waals surface area (Å²) in [5, 5.41) is 11.7. The van der Waals surface area contributed by atoms with E-state index in [-0.39, 0.29) is 16.6 Å². The zero-order chi connectivity index (χ0) is 22.1. The second-order valence-electron chi connectivity index (χ2n) is 6.86. The first-order valence-electron chi connectivity index (χ1n) is 9.01. The van der Waals surface area contributed by atoms with Crippen LogP contribution < -0.4 is 5.32 Å². The number of anilines is 1. The molecule has 160 valence electrons. The van der Waals surface area contributed by atoms with Crippen molar-refractivity contribution in [3.05, 3.63) is 41.9 Å². The Bertz CT molecular complexity index is 1180. The van der Waals surface area contributed by atoms with Crippen molar-refractivity contribution in [1.82, 2.24) is 19.1 Å². The molecule has 9 nitrogen and oxygen atoms in total. The topological polar surface area (TPSA) is 110 Å². The predicted octanol–water partition coefficient (Wildman–Crippen LogP) is 2.67. The lowest BCUT2D eigenvalue weighted by atomic mass is 10.2. The van der Waals surface area contributed by atoms with E-state index in [2.05, 4.69) is 15.5 Å². The van der Waals surface area contributed by atoms with Crippen LogP contribution in [0.25, 0.3) is 11.4 Å². The van der Waals surface area contributed by atoms with Gasteiger partial charge in [-0.3, -0.25) is 4.79 Å². The highest BCUT2D eigenvalue weighted by Gasteiger charge is 2.19. The SMILES string of the molecule is Cc1ccc(S(=O)(=O)N(C)C)cc1NC(=O)CSc1nnc(-c2ccoc2C)n1C. The molecule has 0 aliphatic carbocycles. The van der Waals surface area contributed by atoms with Crippen molar-refractivity contribution in [2.45, 2.75) is 23.9 Å². The zero-order valence-electron chi connectivity index (χ0n) is 17.3. The van der Waals surface area contributed by atoms with Crippen LogP contribution in [-0.2, 0) is 21.9 Å². The molecule has 0 aliphatic heterocycles. The van der Waals surface area contributed by atoms with Gasteiger partial charge in [0.1, 0.15) is 5.76 Å². The lowest BCUT2D eigenvalue weighted by Crippen LogP contribution is -2.22. The molecule has 0 spiro atoms. The Balaban J connectivity index is 1.70. The van der Waals surface area contributed by atoms with Crippen molar-refractivity contribution in [2.24, 2.45) is 7.05 Å².